The van der Waals surface area contributed by atoms with Gasteiger partial charge in [-0.25, -0.2) is 14.1 Å². The van der Waals surface area contributed by atoms with Gasteiger partial charge in [-0.15, -0.1) is 10.2 Å². The Bertz CT molecular complexity index is 960. The number of pyridine rings is 2. The predicted octanol–water partition coefficient (Wildman–Crippen LogP) is 1.21. The number of aryl methyl sites for hydroxylation is 2. The molecule has 0 aliphatic carbocycles. The predicted molar refractivity (Wildman–Crippen MR) is 86.9 cm³/mol. The highest BCUT2D eigenvalue weighted by Crippen LogP contribution is 2.23. The fourth-order valence-electron chi connectivity index (χ4n) is 2.77. The van der Waals surface area contributed by atoms with Crippen LogP contribution >= 0.6 is 0 Å². The SMILES string of the molecule is CCc1nc(CC)c2c(=O)n(-n3cnnc3)ccc2c1C(=O)OC. The summed E-state index contributed by atoms with van der Waals surface area (Å²) in [6.07, 6.45) is 5.58. The summed E-state index contributed by atoms with van der Waals surface area (Å²) in [6.45, 7) is 3.84. The standard InChI is InChI=1S/C16H17N5O3/c1-4-11-13-10(14(16(23)24-3)12(5-2)19-11)6-7-21(15(13)22)20-8-17-18-9-20/h6-9H,4-5H2,1-3H3. The monoisotopic (exact) mass is 327 g/mol. The molecule has 0 N–H and O–H groups in total. The zero-order valence-electron chi connectivity index (χ0n) is 13.7. The third kappa shape index (κ3) is 2.36. The number of esters is 1. The quantitative estimate of drug-likeness (QED) is 0.669. The van der Waals surface area contributed by atoms with Crippen molar-refractivity contribution in [2.45, 2.75) is 26.7 Å². The zero-order chi connectivity index (χ0) is 17.3. The lowest BCUT2D eigenvalue weighted by atomic mass is 10.0. The first-order valence-electron chi connectivity index (χ1n) is 7.63. The summed E-state index contributed by atoms with van der Waals surface area (Å²) in [5.41, 5.74) is 1.35. The molecule has 3 aromatic heterocycles. The normalized spacial score (nSPS) is 11.0. The van der Waals surface area contributed by atoms with Crippen molar-refractivity contribution >= 4 is 16.7 Å². The molecule has 0 bridgehead atoms. The Kier molecular flexibility index (Phi) is 4.11. The molecule has 0 unspecified atom stereocenters. The van der Waals surface area contributed by atoms with Crippen LogP contribution in [0, 0.1) is 0 Å². The van der Waals surface area contributed by atoms with Gasteiger partial charge in [0.15, 0.2) is 0 Å². The molecule has 0 spiro atoms. The maximum atomic E-state index is 13.0. The van der Waals surface area contributed by atoms with Crippen molar-refractivity contribution < 1.29 is 9.53 Å². The fourth-order valence-corrected chi connectivity index (χ4v) is 2.77. The summed E-state index contributed by atoms with van der Waals surface area (Å²) < 4.78 is 7.73. The van der Waals surface area contributed by atoms with Crippen molar-refractivity contribution in [1.29, 1.82) is 0 Å². The lowest BCUT2D eigenvalue weighted by Crippen LogP contribution is -2.26. The highest BCUT2D eigenvalue weighted by molar-refractivity contribution is 6.05. The number of hydrogen-bond acceptors (Lipinski definition) is 6. The van der Waals surface area contributed by atoms with Crippen molar-refractivity contribution in [3.05, 3.63) is 52.2 Å². The van der Waals surface area contributed by atoms with Gasteiger partial charge in [0.1, 0.15) is 12.7 Å². The Labute approximate surface area is 137 Å². The molecule has 0 aromatic carbocycles. The molecule has 3 heterocycles. The van der Waals surface area contributed by atoms with Crippen LogP contribution in [-0.2, 0) is 17.6 Å². The molecule has 0 atom stereocenters. The number of fused-ring (bicyclic) bond motifs is 1. The molecule has 0 aliphatic rings. The number of rotatable bonds is 4. The van der Waals surface area contributed by atoms with Gasteiger partial charge in [0.25, 0.3) is 5.56 Å². The molecule has 3 rings (SSSR count). The van der Waals surface area contributed by atoms with Crippen LogP contribution < -0.4 is 5.56 Å². The van der Waals surface area contributed by atoms with Crippen molar-refractivity contribution in [3.8, 4) is 0 Å². The summed E-state index contributed by atoms with van der Waals surface area (Å²) in [6, 6.07) is 1.73. The van der Waals surface area contributed by atoms with Crippen molar-refractivity contribution in [1.82, 2.24) is 24.5 Å². The molecule has 0 fully saturated rings. The Hall–Kier alpha value is -3.03. The Morgan fingerprint density at radius 2 is 1.83 bits per heavy atom. The van der Waals surface area contributed by atoms with Crippen LogP contribution in [0.4, 0.5) is 0 Å². The minimum atomic E-state index is -0.492. The first kappa shape index (κ1) is 15.9. The minimum Gasteiger partial charge on any atom is -0.465 e. The summed E-state index contributed by atoms with van der Waals surface area (Å²) in [7, 11) is 1.32. The second-order valence-electron chi connectivity index (χ2n) is 5.17. The third-order valence-corrected chi connectivity index (χ3v) is 3.90. The van der Waals surface area contributed by atoms with Gasteiger partial charge in [-0.1, -0.05) is 13.8 Å². The van der Waals surface area contributed by atoms with E-state index in [1.807, 2.05) is 13.8 Å². The molecule has 8 heteroatoms. The minimum absolute atomic E-state index is 0.288. The van der Waals surface area contributed by atoms with E-state index in [2.05, 4.69) is 15.2 Å². The summed E-state index contributed by atoms with van der Waals surface area (Å²) in [5.74, 6) is -0.492. The Morgan fingerprint density at radius 1 is 1.17 bits per heavy atom. The van der Waals surface area contributed by atoms with Crippen molar-refractivity contribution in [2.24, 2.45) is 0 Å². The number of ether oxygens (including phenoxy) is 1. The number of nitrogens with zero attached hydrogens (tertiary/aromatic N) is 5. The van der Waals surface area contributed by atoms with E-state index < -0.39 is 5.97 Å². The number of carbonyl (C=O) groups is 1. The van der Waals surface area contributed by atoms with Crippen LogP contribution in [0.1, 0.15) is 35.6 Å². The van der Waals surface area contributed by atoms with Crippen LogP contribution in [0.3, 0.4) is 0 Å². The lowest BCUT2D eigenvalue weighted by Gasteiger charge is -2.14. The van der Waals surface area contributed by atoms with Crippen LogP contribution in [0.25, 0.3) is 10.8 Å². The van der Waals surface area contributed by atoms with Crippen LogP contribution in [0.5, 0.6) is 0 Å². The first-order chi connectivity index (χ1) is 11.6. The fraction of sp³-hybridized carbons (Fsp3) is 0.312. The Morgan fingerprint density at radius 3 is 2.42 bits per heavy atom. The van der Waals surface area contributed by atoms with E-state index in [0.29, 0.717) is 40.6 Å². The number of hydrogen-bond donors (Lipinski definition) is 0. The first-order valence-corrected chi connectivity index (χ1v) is 7.63. The molecule has 0 saturated heterocycles. The highest BCUT2D eigenvalue weighted by atomic mass is 16.5. The van der Waals surface area contributed by atoms with E-state index >= 15 is 0 Å². The lowest BCUT2D eigenvalue weighted by molar-refractivity contribution is 0.0601. The van der Waals surface area contributed by atoms with Gasteiger partial charge in [0, 0.05) is 11.6 Å². The number of carbonyl (C=O) groups excluding carboxylic acids is 1. The third-order valence-electron chi connectivity index (χ3n) is 3.90. The van der Waals surface area contributed by atoms with Gasteiger partial charge < -0.3 is 4.74 Å². The second kappa shape index (κ2) is 6.23. The van der Waals surface area contributed by atoms with E-state index in [9.17, 15) is 9.59 Å². The molecule has 24 heavy (non-hydrogen) atoms. The molecular weight excluding hydrogens is 310 g/mol. The molecule has 0 saturated carbocycles. The van der Waals surface area contributed by atoms with E-state index in [-0.39, 0.29) is 5.56 Å². The molecule has 0 aliphatic heterocycles. The zero-order valence-corrected chi connectivity index (χ0v) is 13.7. The van der Waals surface area contributed by atoms with Gasteiger partial charge >= 0.3 is 5.97 Å². The number of methoxy groups -OCH3 is 1. The van der Waals surface area contributed by atoms with E-state index in [0.717, 1.165) is 0 Å². The highest BCUT2D eigenvalue weighted by Gasteiger charge is 2.21. The molecular formula is C16H17N5O3. The van der Waals surface area contributed by atoms with Gasteiger partial charge in [-0.2, -0.15) is 0 Å². The molecule has 8 nitrogen and oxygen atoms in total. The van der Waals surface area contributed by atoms with Crippen LogP contribution in [0.2, 0.25) is 0 Å². The van der Waals surface area contributed by atoms with E-state index in [1.54, 1.807) is 12.3 Å². The van der Waals surface area contributed by atoms with E-state index in [1.165, 1.54) is 29.1 Å². The maximum absolute atomic E-state index is 13.0. The Balaban J connectivity index is 2.44. The molecule has 0 amide bonds. The maximum Gasteiger partial charge on any atom is 0.340 e. The largest absolute Gasteiger partial charge is 0.465 e. The summed E-state index contributed by atoms with van der Waals surface area (Å²) in [5, 5.41) is 8.39. The van der Waals surface area contributed by atoms with Crippen LogP contribution in [-0.4, -0.2) is 37.6 Å². The molecule has 124 valence electrons. The summed E-state index contributed by atoms with van der Waals surface area (Å²) >= 11 is 0. The van der Waals surface area contributed by atoms with Gasteiger partial charge in [-0.05, 0) is 18.9 Å². The average Bonchev–Trinajstić information content (AvgIpc) is 3.14. The molecule has 0 radical (unpaired) electrons. The average molecular weight is 327 g/mol. The van der Waals surface area contributed by atoms with E-state index in [4.69, 9.17) is 4.74 Å². The van der Waals surface area contributed by atoms with Crippen molar-refractivity contribution in [3.63, 3.8) is 0 Å². The van der Waals surface area contributed by atoms with Gasteiger partial charge in [0.05, 0.1) is 29.4 Å². The van der Waals surface area contributed by atoms with Crippen molar-refractivity contribution in [2.75, 3.05) is 7.11 Å². The topological polar surface area (TPSA) is 91.9 Å². The molecule has 3 aromatic rings. The van der Waals surface area contributed by atoms with Gasteiger partial charge in [-0.3, -0.25) is 9.78 Å². The van der Waals surface area contributed by atoms with Gasteiger partial charge in [0.2, 0.25) is 0 Å². The van der Waals surface area contributed by atoms with Crippen LogP contribution in [0.15, 0.2) is 29.7 Å². The number of aromatic nitrogens is 5. The second-order valence-corrected chi connectivity index (χ2v) is 5.17. The summed E-state index contributed by atoms with van der Waals surface area (Å²) in [4.78, 5) is 29.7. The smallest absolute Gasteiger partial charge is 0.340 e.